The number of carbonyl (C=O) groups is 2. The van der Waals surface area contributed by atoms with Crippen molar-refractivity contribution in [3.63, 3.8) is 0 Å². The van der Waals surface area contributed by atoms with Gasteiger partial charge in [-0.3, -0.25) is 14.4 Å². The highest BCUT2D eigenvalue weighted by Gasteiger charge is 2.30. The van der Waals surface area contributed by atoms with Crippen LogP contribution in [0.1, 0.15) is 44.1 Å². The van der Waals surface area contributed by atoms with E-state index in [0.717, 1.165) is 40.7 Å². The average Bonchev–Trinajstić information content (AvgIpc) is 3.46. The number of benzene rings is 3. The first-order valence-electron chi connectivity index (χ1n) is 13.3. The van der Waals surface area contributed by atoms with Crippen molar-refractivity contribution in [2.75, 3.05) is 26.5 Å². The minimum Gasteiger partial charge on any atom is -0.431 e. The van der Waals surface area contributed by atoms with Crippen molar-refractivity contribution in [1.29, 1.82) is 0 Å². The average molecular weight is 664 g/mol. The summed E-state index contributed by atoms with van der Waals surface area (Å²) in [4.78, 5) is 35.7. The second-order valence-electron chi connectivity index (χ2n) is 9.53. The lowest BCUT2D eigenvalue weighted by Gasteiger charge is -2.17. The minimum atomic E-state index is -4.51. The van der Waals surface area contributed by atoms with Gasteiger partial charge in [0.1, 0.15) is 10.6 Å². The summed E-state index contributed by atoms with van der Waals surface area (Å²) in [6.07, 6.45) is -4.51. The van der Waals surface area contributed by atoms with Crippen molar-refractivity contribution in [3.8, 4) is 22.2 Å². The van der Waals surface area contributed by atoms with E-state index in [1.54, 1.807) is 12.1 Å². The fourth-order valence-corrected chi connectivity index (χ4v) is 5.86. The molecule has 15 heteroatoms. The molecule has 0 fully saturated rings. The molecule has 0 saturated heterocycles. The topological polar surface area (TPSA) is 135 Å². The van der Waals surface area contributed by atoms with E-state index in [9.17, 15) is 36.3 Å². The van der Waals surface area contributed by atoms with Crippen molar-refractivity contribution in [3.05, 3.63) is 94.4 Å². The zero-order chi connectivity index (χ0) is 32.9. The van der Waals surface area contributed by atoms with Crippen LogP contribution in [0.25, 0.3) is 11.3 Å². The summed E-state index contributed by atoms with van der Waals surface area (Å²) in [6, 6.07) is 15.2. The van der Waals surface area contributed by atoms with E-state index in [-0.39, 0.29) is 37.7 Å². The number of sulfone groups is 1. The van der Waals surface area contributed by atoms with Gasteiger partial charge in [0.25, 0.3) is 17.0 Å². The monoisotopic (exact) mass is 663 g/mol. The Labute approximate surface area is 260 Å². The third-order valence-electron chi connectivity index (χ3n) is 6.68. The number of ether oxygens (including phenoxy) is 1. The molecule has 3 aromatic carbocycles. The summed E-state index contributed by atoms with van der Waals surface area (Å²) in [5.74, 6) is -1.06. The highest BCUT2D eigenvalue weighted by molar-refractivity contribution is 7.91. The Kier molecular flexibility index (Phi) is 10.3. The SMILES string of the molecule is CCS(=O)(=O)c1ccc([C@H](CO)NC(=O)c2ccc(-c3nc(Oc4ccc(C(F)(F)F)cc4)sc3C(=O)N(C)OC)cc2)cc1. The van der Waals surface area contributed by atoms with Crippen molar-refractivity contribution in [2.24, 2.45) is 0 Å². The number of amides is 2. The molecule has 0 aliphatic rings. The van der Waals surface area contributed by atoms with Gasteiger partial charge in [0.15, 0.2) is 9.84 Å². The molecular formula is C30H28F3N3O7S2. The van der Waals surface area contributed by atoms with E-state index >= 15 is 0 Å². The van der Waals surface area contributed by atoms with Crippen LogP contribution in [0, 0.1) is 0 Å². The number of rotatable bonds is 11. The van der Waals surface area contributed by atoms with Crippen LogP contribution in [0.4, 0.5) is 13.2 Å². The zero-order valence-electron chi connectivity index (χ0n) is 24.2. The van der Waals surface area contributed by atoms with Crippen LogP contribution in [0.2, 0.25) is 0 Å². The number of nitrogens with one attached hydrogen (secondary N) is 1. The molecular weight excluding hydrogens is 635 g/mol. The molecule has 0 radical (unpaired) electrons. The number of aromatic nitrogens is 1. The van der Waals surface area contributed by atoms with Gasteiger partial charge in [0.2, 0.25) is 0 Å². The maximum Gasteiger partial charge on any atom is 0.416 e. The third kappa shape index (κ3) is 7.86. The number of aliphatic hydroxyl groups is 1. The number of hydroxylamine groups is 2. The van der Waals surface area contributed by atoms with Gasteiger partial charge < -0.3 is 15.2 Å². The zero-order valence-corrected chi connectivity index (χ0v) is 25.8. The van der Waals surface area contributed by atoms with Crippen molar-refractivity contribution < 1.29 is 45.9 Å². The first-order chi connectivity index (χ1) is 21.3. The van der Waals surface area contributed by atoms with E-state index in [4.69, 9.17) is 9.57 Å². The van der Waals surface area contributed by atoms with E-state index in [0.29, 0.717) is 11.1 Å². The van der Waals surface area contributed by atoms with E-state index in [1.165, 1.54) is 57.5 Å². The molecule has 0 bridgehead atoms. The molecule has 2 amide bonds. The highest BCUT2D eigenvalue weighted by Crippen LogP contribution is 2.37. The van der Waals surface area contributed by atoms with Crippen LogP contribution >= 0.6 is 11.3 Å². The molecule has 1 heterocycles. The molecule has 0 aliphatic heterocycles. The molecule has 0 unspecified atom stereocenters. The maximum absolute atomic E-state index is 13.0. The van der Waals surface area contributed by atoms with Gasteiger partial charge in [0.05, 0.1) is 41.7 Å². The number of aliphatic hydroxyl groups excluding tert-OH is 1. The number of thiazole rings is 1. The first-order valence-corrected chi connectivity index (χ1v) is 15.8. The summed E-state index contributed by atoms with van der Waals surface area (Å²) >= 11 is 0.863. The lowest BCUT2D eigenvalue weighted by molar-refractivity contribution is -0.137. The molecule has 0 aliphatic carbocycles. The van der Waals surface area contributed by atoms with Crippen molar-refractivity contribution >= 4 is 33.0 Å². The summed E-state index contributed by atoms with van der Waals surface area (Å²) < 4.78 is 68.6. The molecule has 1 aromatic heterocycles. The third-order valence-corrected chi connectivity index (χ3v) is 9.35. The number of carbonyl (C=O) groups excluding carboxylic acids is 2. The Morgan fingerprint density at radius 1 is 1.02 bits per heavy atom. The molecule has 0 saturated carbocycles. The standard InChI is InChI=1S/C30H28F3N3O7S2/c1-4-45(40,41)23-15-9-18(10-16-23)24(17-37)34-27(38)20-7-5-19(6-8-20)25-26(28(39)36(2)42-3)44-29(35-25)43-22-13-11-21(12-14-22)30(31,32)33/h5-16,24,37H,4,17H2,1-3H3,(H,34,38)/t24-/m0/s1. The molecule has 238 valence electrons. The molecule has 2 N–H and O–H groups in total. The molecule has 10 nitrogen and oxygen atoms in total. The van der Waals surface area contributed by atoms with Crippen molar-refractivity contribution in [2.45, 2.75) is 24.0 Å². The Bertz CT molecular complexity index is 1760. The van der Waals surface area contributed by atoms with Gasteiger partial charge in [-0.05, 0) is 54.1 Å². The number of alkyl halides is 3. The minimum absolute atomic E-state index is 0.0111. The predicted octanol–water partition coefficient (Wildman–Crippen LogP) is 5.51. The second-order valence-corrected chi connectivity index (χ2v) is 12.8. The molecule has 4 aromatic rings. The summed E-state index contributed by atoms with van der Waals surface area (Å²) in [5.41, 5.74) is 0.510. The van der Waals surface area contributed by atoms with E-state index < -0.39 is 46.0 Å². The Morgan fingerprint density at radius 3 is 2.18 bits per heavy atom. The smallest absolute Gasteiger partial charge is 0.416 e. The Morgan fingerprint density at radius 2 is 1.64 bits per heavy atom. The van der Waals surface area contributed by atoms with E-state index in [1.807, 2.05) is 0 Å². The van der Waals surface area contributed by atoms with Crippen LogP contribution < -0.4 is 10.1 Å². The van der Waals surface area contributed by atoms with Gasteiger partial charge in [-0.15, -0.1) is 0 Å². The fourth-order valence-electron chi connectivity index (χ4n) is 4.05. The molecule has 1 atom stereocenters. The molecule has 4 rings (SSSR count). The van der Waals surface area contributed by atoms with Crippen molar-refractivity contribution in [1.82, 2.24) is 15.4 Å². The van der Waals surface area contributed by atoms with E-state index in [2.05, 4.69) is 10.3 Å². The normalized spacial score (nSPS) is 12.4. The van der Waals surface area contributed by atoms with Gasteiger partial charge in [-0.25, -0.2) is 18.5 Å². The molecule has 45 heavy (non-hydrogen) atoms. The van der Waals surface area contributed by atoms with Crippen LogP contribution in [0.5, 0.6) is 10.9 Å². The Balaban J connectivity index is 1.56. The lowest BCUT2D eigenvalue weighted by atomic mass is 10.1. The van der Waals surface area contributed by atoms with Crippen LogP contribution in [0.3, 0.4) is 0 Å². The van der Waals surface area contributed by atoms with Gasteiger partial charge in [-0.2, -0.15) is 13.2 Å². The predicted molar refractivity (Wildman–Crippen MR) is 160 cm³/mol. The fraction of sp³-hybridized carbons (Fsp3) is 0.233. The summed E-state index contributed by atoms with van der Waals surface area (Å²) in [5, 5.41) is 13.6. The summed E-state index contributed by atoms with van der Waals surface area (Å²) in [7, 11) is -0.716. The number of nitrogens with zero attached hydrogens (tertiary/aromatic N) is 2. The maximum atomic E-state index is 13.0. The lowest BCUT2D eigenvalue weighted by Crippen LogP contribution is -2.30. The number of halogens is 3. The summed E-state index contributed by atoms with van der Waals surface area (Å²) in [6.45, 7) is 1.09. The molecule has 0 spiro atoms. The number of hydrogen-bond acceptors (Lipinski definition) is 9. The number of hydrogen-bond donors (Lipinski definition) is 2. The van der Waals surface area contributed by atoms with Crippen LogP contribution in [-0.2, 0) is 20.9 Å². The van der Waals surface area contributed by atoms with Gasteiger partial charge in [-0.1, -0.05) is 42.5 Å². The highest BCUT2D eigenvalue weighted by atomic mass is 32.2. The largest absolute Gasteiger partial charge is 0.431 e. The van der Waals surface area contributed by atoms with Crippen LogP contribution in [0.15, 0.2) is 77.7 Å². The second kappa shape index (κ2) is 13.8. The first kappa shape index (κ1) is 33.6. The Hall–Kier alpha value is -4.31. The quantitative estimate of drug-likeness (QED) is 0.201. The van der Waals surface area contributed by atoms with Gasteiger partial charge in [0, 0.05) is 18.2 Å². The van der Waals surface area contributed by atoms with Gasteiger partial charge >= 0.3 is 6.18 Å². The van der Waals surface area contributed by atoms with Crippen LogP contribution in [-0.4, -0.2) is 61.9 Å².